The van der Waals surface area contributed by atoms with Crippen molar-refractivity contribution in [3.05, 3.63) is 70.2 Å². The molecule has 2 aromatic carbocycles. The summed E-state index contributed by atoms with van der Waals surface area (Å²) in [6.07, 6.45) is -2.69. The number of benzene rings is 2. The van der Waals surface area contributed by atoms with Gasteiger partial charge >= 0.3 is 6.18 Å². The highest BCUT2D eigenvalue weighted by atomic mass is 35.5. The van der Waals surface area contributed by atoms with Gasteiger partial charge in [0.25, 0.3) is 0 Å². The van der Waals surface area contributed by atoms with Gasteiger partial charge in [0.2, 0.25) is 0 Å². The third kappa shape index (κ3) is 5.22. The first-order chi connectivity index (χ1) is 12.4. The van der Waals surface area contributed by atoms with Crippen LogP contribution in [0.25, 0.3) is 0 Å². The van der Waals surface area contributed by atoms with Gasteiger partial charge in [-0.15, -0.1) is 0 Å². The maximum atomic E-state index is 12.6. The van der Waals surface area contributed by atoms with Gasteiger partial charge in [0, 0.05) is 10.6 Å². The van der Waals surface area contributed by atoms with Crippen LogP contribution in [0.4, 0.5) is 13.2 Å². The highest BCUT2D eigenvalue weighted by molar-refractivity contribution is 6.30. The summed E-state index contributed by atoms with van der Waals surface area (Å²) in [5.41, 5.74) is 1.27. The van der Waals surface area contributed by atoms with Crippen molar-refractivity contribution in [3.8, 4) is 0 Å². The maximum absolute atomic E-state index is 12.6. The fourth-order valence-corrected chi connectivity index (χ4v) is 3.03. The van der Waals surface area contributed by atoms with Crippen molar-refractivity contribution in [1.29, 1.82) is 0 Å². The molecule has 0 bridgehead atoms. The molecule has 0 atom stereocenters. The van der Waals surface area contributed by atoms with Crippen molar-refractivity contribution in [1.82, 2.24) is 5.01 Å². The lowest BCUT2D eigenvalue weighted by Gasteiger charge is -2.30. The van der Waals surface area contributed by atoms with Crippen LogP contribution in [-0.2, 0) is 12.7 Å². The van der Waals surface area contributed by atoms with Crippen LogP contribution in [0.2, 0.25) is 5.02 Å². The van der Waals surface area contributed by atoms with E-state index >= 15 is 0 Å². The van der Waals surface area contributed by atoms with E-state index in [1.807, 2.05) is 29.3 Å². The average Bonchev–Trinajstić information content (AvgIpc) is 2.63. The van der Waals surface area contributed by atoms with E-state index in [-0.39, 0.29) is 0 Å². The Hall–Kier alpha value is -2.05. The second-order valence-corrected chi connectivity index (χ2v) is 6.81. The zero-order chi connectivity index (χ0) is 18.6. The minimum absolute atomic E-state index is 0.644. The predicted molar refractivity (Wildman–Crippen MR) is 96.5 cm³/mol. The molecule has 3 rings (SSSR count). The highest BCUT2D eigenvalue weighted by Crippen LogP contribution is 2.28. The number of nitrogens with one attached hydrogen (secondary N) is 1. The fraction of sp³-hybridized carbons (Fsp3) is 0.316. The van der Waals surface area contributed by atoms with Crippen LogP contribution < -0.4 is 4.90 Å². The molecule has 0 spiro atoms. The second-order valence-electron chi connectivity index (χ2n) is 6.37. The van der Waals surface area contributed by atoms with E-state index in [1.54, 1.807) is 6.21 Å². The summed E-state index contributed by atoms with van der Waals surface area (Å²) in [4.78, 5) is 1.48. The van der Waals surface area contributed by atoms with Crippen LogP contribution in [-0.4, -0.2) is 37.4 Å². The van der Waals surface area contributed by atoms with Gasteiger partial charge in [-0.25, -0.2) is 0 Å². The van der Waals surface area contributed by atoms with Gasteiger partial charge < -0.3 is 4.90 Å². The Labute approximate surface area is 155 Å². The number of nitrogens with zero attached hydrogens (tertiary/aromatic N) is 2. The molecule has 0 unspecified atom stereocenters. The molecular formula is C19H20ClF3N3+. The number of halogens is 4. The Morgan fingerprint density at radius 1 is 1.00 bits per heavy atom. The van der Waals surface area contributed by atoms with Gasteiger partial charge in [0.15, 0.2) is 0 Å². The molecule has 0 radical (unpaired) electrons. The molecule has 7 heteroatoms. The van der Waals surface area contributed by atoms with Crippen LogP contribution in [0, 0.1) is 0 Å². The average molecular weight is 383 g/mol. The minimum atomic E-state index is -4.31. The highest BCUT2D eigenvalue weighted by Gasteiger charge is 2.29. The molecule has 1 fully saturated rings. The Bertz CT molecular complexity index is 734. The first-order valence-corrected chi connectivity index (χ1v) is 8.82. The Kier molecular flexibility index (Phi) is 5.84. The molecule has 1 N–H and O–H groups in total. The third-order valence-corrected chi connectivity index (χ3v) is 4.67. The largest absolute Gasteiger partial charge is 0.416 e. The molecule has 1 heterocycles. The molecular weight excluding hydrogens is 363 g/mol. The van der Waals surface area contributed by atoms with Crippen molar-refractivity contribution in [3.63, 3.8) is 0 Å². The van der Waals surface area contributed by atoms with E-state index in [0.717, 1.165) is 49.9 Å². The summed E-state index contributed by atoms with van der Waals surface area (Å²) in [6, 6.07) is 12.9. The number of piperazine rings is 1. The molecule has 1 aliphatic rings. The van der Waals surface area contributed by atoms with Crippen LogP contribution in [0.3, 0.4) is 0 Å². The van der Waals surface area contributed by atoms with Crippen molar-refractivity contribution in [2.45, 2.75) is 12.7 Å². The van der Waals surface area contributed by atoms with E-state index in [9.17, 15) is 13.2 Å². The van der Waals surface area contributed by atoms with Gasteiger partial charge in [-0.2, -0.15) is 18.3 Å². The summed E-state index contributed by atoms with van der Waals surface area (Å²) in [5, 5.41) is 7.10. The number of alkyl halides is 3. The van der Waals surface area contributed by atoms with Crippen molar-refractivity contribution >= 4 is 17.8 Å². The summed E-state index contributed by atoms with van der Waals surface area (Å²) >= 11 is 5.90. The molecule has 26 heavy (non-hydrogen) atoms. The number of rotatable bonds is 4. The molecule has 0 aromatic heterocycles. The van der Waals surface area contributed by atoms with E-state index in [1.165, 1.54) is 22.6 Å². The molecule has 1 aliphatic heterocycles. The Morgan fingerprint density at radius 2 is 1.62 bits per heavy atom. The monoisotopic (exact) mass is 382 g/mol. The number of hydrogen-bond acceptors (Lipinski definition) is 2. The van der Waals surface area contributed by atoms with E-state index in [0.29, 0.717) is 5.56 Å². The Morgan fingerprint density at radius 3 is 2.19 bits per heavy atom. The lowest BCUT2D eigenvalue weighted by Crippen LogP contribution is -3.13. The molecule has 2 aromatic rings. The standard InChI is InChI=1S/C19H19ClF3N3/c20-18-7-3-16(4-8-18)14-25-9-11-26(12-10-25)24-13-15-1-5-17(6-2-15)19(21,22)23/h1-8,13H,9-12,14H2/p+1. The SMILES string of the molecule is FC(F)(F)c1ccc(C=NN2CC[NH+](Cc3ccc(Cl)cc3)CC2)cc1. The maximum Gasteiger partial charge on any atom is 0.416 e. The van der Waals surface area contributed by atoms with Gasteiger partial charge in [0.1, 0.15) is 6.54 Å². The van der Waals surface area contributed by atoms with Crippen molar-refractivity contribution in [2.75, 3.05) is 26.2 Å². The summed E-state index contributed by atoms with van der Waals surface area (Å²) < 4.78 is 37.7. The predicted octanol–water partition coefficient (Wildman–Crippen LogP) is 3.09. The van der Waals surface area contributed by atoms with E-state index in [2.05, 4.69) is 5.10 Å². The first-order valence-electron chi connectivity index (χ1n) is 8.44. The molecule has 1 saturated heterocycles. The molecule has 138 valence electrons. The van der Waals surface area contributed by atoms with Gasteiger partial charge in [0.05, 0.1) is 38.0 Å². The lowest BCUT2D eigenvalue weighted by molar-refractivity contribution is -0.918. The molecule has 3 nitrogen and oxygen atoms in total. The summed E-state index contributed by atoms with van der Waals surface area (Å²) in [6.45, 7) is 4.52. The van der Waals surface area contributed by atoms with Crippen molar-refractivity contribution < 1.29 is 18.1 Å². The smallest absolute Gasteiger partial charge is 0.328 e. The molecule has 0 aliphatic carbocycles. The lowest BCUT2D eigenvalue weighted by atomic mass is 10.1. The summed E-state index contributed by atoms with van der Waals surface area (Å²) in [5.74, 6) is 0. The van der Waals surface area contributed by atoms with Gasteiger partial charge in [-0.05, 0) is 29.8 Å². The quantitative estimate of drug-likeness (QED) is 0.806. The second kappa shape index (κ2) is 8.10. The zero-order valence-corrected chi connectivity index (χ0v) is 14.9. The number of hydrogen-bond donors (Lipinski definition) is 1. The fourth-order valence-electron chi connectivity index (χ4n) is 2.90. The minimum Gasteiger partial charge on any atom is -0.328 e. The van der Waals surface area contributed by atoms with Crippen LogP contribution in [0.1, 0.15) is 16.7 Å². The van der Waals surface area contributed by atoms with E-state index < -0.39 is 11.7 Å². The zero-order valence-electron chi connectivity index (χ0n) is 14.1. The Balaban J connectivity index is 1.49. The summed E-state index contributed by atoms with van der Waals surface area (Å²) in [7, 11) is 0. The van der Waals surface area contributed by atoms with Crippen LogP contribution in [0.15, 0.2) is 53.6 Å². The molecule has 0 saturated carbocycles. The number of hydrazone groups is 1. The third-order valence-electron chi connectivity index (χ3n) is 4.42. The first kappa shape index (κ1) is 18.7. The normalized spacial score (nSPS) is 16.4. The van der Waals surface area contributed by atoms with Crippen LogP contribution >= 0.6 is 11.6 Å². The topological polar surface area (TPSA) is 20.0 Å². The van der Waals surface area contributed by atoms with Crippen molar-refractivity contribution in [2.24, 2.45) is 5.10 Å². The van der Waals surface area contributed by atoms with Gasteiger partial charge in [-0.3, -0.25) is 5.01 Å². The van der Waals surface area contributed by atoms with E-state index in [4.69, 9.17) is 11.6 Å². The van der Waals surface area contributed by atoms with Gasteiger partial charge in [-0.1, -0.05) is 35.9 Å². The number of quaternary nitrogens is 1. The van der Waals surface area contributed by atoms with Crippen LogP contribution in [0.5, 0.6) is 0 Å². The molecule has 0 amide bonds.